The fourth-order valence-electron chi connectivity index (χ4n) is 2.02. The first-order valence-corrected chi connectivity index (χ1v) is 8.68. The van der Waals surface area contributed by atoms with E-state index < -0.39 is 11.7 Å². The first-order chi connectivity index (χ1) is 11.8. The van der Waals surface area contributed by atoms with E-state index in [4.69, 9.17) is 4.74 Å². The van der Waals surface area contributed by atoms with E-state index in [9.17, 15) is 18.0 Å². The van der Waals surface area contributed by atoms with E-state index in [1.165, 1.54) is 11.4 Å². The number of thiazole rings is 1. The molecule has 1 amide bonds. The molecule has 0 saturated heterocycles. The Balaban J connectivity index is 1.97. The van der Waals surface area contributed by atoms with Gasteiger partial charge in [0, 0.05) is 24.1 Å². The van der Waals surface area contributed by atoms with Crippen LogP contribution in [-0.4, -0.2) is 30.1 Å². The van der Waals surface area contributed by atoms with Gasteiger partial charge in [0.25, 0.3) is 5.91 Å². The standard InChI is InChI=1S/C17H19F3N2O2S/c1-11(2)24-8-4-7-21-15(23)14-10-25-16(22-14)12-5-3-6-13(9-12)17(18,19)20/h3,5-6,9-11H,4,7-8H2,1-2H3,(H,21,23). The predicted molar refractivity (Wildman–Crippen MR) is 90.6 cm³/mol. The zero-order valence-corrected chi connectivity index (χ0v) is 14.7. The van der Waals surface area contributed by atoms with Crippen LogP contribution < -0.4 is 5.32 Å². The van der Waals surface area contributed by atoms with Crippen molar-refractivity contribution < 1.29 is 22.7 Å². The molecular formula is C17H19F3N2O2S. The molecule has 2 aromatic rings. The highest BCUT2D eigenvalue weighted by Gasteiger charge is 2.30. The maximum Gasteiger partial charge on any atom is 0.416 e. The number of nitrogens with zero attached hydrogens (tertiary/aromatic N) is 1. The molecule has 0 aliphatic rings. The highest BCUT2D eigenvalue weighted by Crippen LogP contribution is 2.33. The number of carbonyl (C=O) groups excluding carboxylic acids is 1. The Morgan fingerprint density at radius 2 is 2.12 bits per heavy atom. The van der Waals surface area contributed by atoms with E-state index in [0.29, 0.717) is 30.1 Å². The summed E-state index contributed by atoms with van der Waals surface area (Å²) >= 11 is 1.13. The zero-order chi connectivity index (χ0) is 18.4. The third-order valence-electron chi connectivity index (χ3n) is 3.23. The zero-order valence-electron chi connectivity index (χ0n) is 13.9. The first kappa shape index (κ1) is 19.4. The molecule has 0 aliphatic heterocycles. The highest BCUT2D eigenvalue weighted by molar-refractivity contribution is 7.13. The molecule has 8 heteroatoms. The van der Waals surface area contributed by atoms with Gasteiger partial charge in [-0.05, 0) is 32.4 Å². The molecule has 0 fully saturated rings. The number of amides is 1. The molecule has 1 heterocycles. The van der Waals surface area contributed by atoms with Crippen molar-refractivity contribution in [3.8, 4) is 10.6 Å². The SMILES string of the molecule is CC(C)OCCCNC(=O)c1csc(-c2cccc(C(F)(F)F)c2)n1. The molecule has 2 rings (SSSR count). The van der Waals surface area contributed by atoms with Gasteiger partial charge in [0.1, 0.15) is 10.7 Å². The maximum absolute atomic E-state index is 12.8. The monoisotopic (exact) mass is 372 g/mol. The summed E-state index contributed by atoms with van der Waals surface area (Å²) in [7, 11) is 0. The molecule has 0 spiro atoms. The highest BCUT2D eigenvalue weighted by atomic mass is 32.1. The van der Waals surface area contributed by atoms with Crippen LogP contribution in [0.3, 0.4) is 0 Å². The van der Waals surface area contributed by atoms with Gasteiger partial charge < -0.3 is 10.1 Å². The van der Waals surface area contributed by atoms with Gasteiger partial charge in [-0.15, -0.1) is 11.3 Å². The van der Waals surface area contributed by atoms with Gasteiger partial charge in [-0.3, -0.25) is 4.79 Å². The van der Waals surface area contributed by atoms with Crippen LogP contribution in [0.15, 0.2) is 29.6 Å². The molecule has 1 aromatic heterocycles. The number of rotatable bonds is 7. The van der Waals surface area contributed by atoms with E-state index in [1.54, 1.807) is 6.07 Å². The smallest absolute Gasteiger partial charge is 0.379 e. The van der Waals surface area contributed by atoms with Crippen LogP contribution in [0.2, 0.25) is 0 Å². The Morgan fingerprint density at radius 3 is 2.80 bits per heavy atom. The molecule has 1 N–H and O–H groups in total. The van der Waals surface area contributed by atoms with Crippen LogP contribution in [-0.2, 0) is 10.9 Å². The number of carbonyl (C=O) groups is 1. The van der Waals surface area contributed by atoms with Crippen LogP contribution in [0.4, 0.5) is 13.2 Å². The van der Waals surface area contributed by atoms with Crippen LogP contribution in [0.5, 0.6) is 0 Å². The van der Waals surface area contributed by atoms with Crippen LogP contribution in [0.25, 0.3) is 10.6 Å². The first-order valence-electron chi connectivity index (χ1n) is 7.80. The number of halogens is 3. The maximum atomic E-state index is 12.8. The summed E-state index contributed by atoms with van der Waals surface area (Å²) in [5.41, 5.74) is -0.206. The number of hydrogen-bond acceptors (Lipinski definition) is 4. The molecular weight excluding hydrogens is 353 g/mol. The van der Waals surface area contributed by atoms with Gasteiger partial charge in [-0.1, -0.05) is 12.1 Å². The number of hydrogen-bond donors (Lipinski definition) is 1. The van der Waals surface area contributed by atoms with Crippen molar-refractivity contribution in [2.75, 3.05) is 13.2 Å². The molecule has 0 unspecified atom stereocenters. The Bertz CT molecular complexity index is 714. The second kappa shape index (κ2) is 8.44. The Kier molecular flexibility index (Phi) is 6.55. The van der Waals surface area contributed by atoms with Gasteiger partial charge in [0.15, 0.2) is 0 Å². The number of benzene rings is 1. The van der Waals surface area contributed by atoms with Gasteiger partial charge in [0.05, 0.1) is 11.7 Å². The second-order valence-corrected chi connectivity index (χ2v) is 6.50. The van der Waals surface area contributed by atoms with Crippen molar-refractivity contribution in [1.82, 2.24) is 10.3 Å². The topological polar surface area (TPSA) is 51.2 Å². The lowest BCUT2D eigenvalue weighted by molar-refractivity contribution is -0.137. The third-order valence-corrected chi connectivity index (χ3v) is 4.12. The van der Waals surface area contributed by atoms with Gasteiger partial charge in [0.2, 0.25) is 0 Å². The number of ether oxygens (including phenoxy) is 1. The molecule has 0 atom stereocenters. The lowest BCUT2D eigenvalue weighted by Crippen LogP contribution is -2.25. The van der Waals surface area contributed by atoms with E-state index in [2.05, 4.69) is 10.3 Å². The molecule has 0 radical (unpaired) electrons. The quantitative estimate of drug-likeness (QED) is 0.734. The second-order valence-electron chi connectivity index (χ2n) is 5.65. The van der Waals surface area contributed by atoms with Crippen LogP contribution in [0, 0.1) is 0 Å². The molecule has 1 aromatic carbocycles. The molecule has 25 heavy (non-hydrogen) atoms. The summed E-state index contributed by atoms with van der Waals surface area (Å²) in [4.78, 5) is 16.2. The summed E-state index contributed by atoms with van der Waals surface area (Å²) in [5.74, 6) is -0.348. The number of aromatic nitrogens is 1. The van der Waals surface area contributed by atoms with Crippen molar-refractivity contribution in [2.45, 2.75) is 32.5 Å². The largest absolute Gasteiger partial charge is 0.416 e. The molecule has 0 saturated carbocycles. The van der Waals surface area contributed by atoms with Crippen molar-refractivity contribution in [3.63, 3.8) is 0 Å². The summed E-state index contributed by atoms with van der Waals surface area (Å²) in [5, 5.41) is 4.63. The van der Waals surface area contributed by atoms with E-state index in [-0.39, 0.29) is 17.7 Å². The Labute approximate surface area is 148 Å². The molecule has 136 valence electrons. The number of nitrogens with one attached hydrogen (secondary N) is 1. The lowest BCUT2D eigenvalue weighted by atomic mass is 10.1. The molecule has 4 nitrogen and oxygen atoms in total. The minimum atomic E-state index is -4.41. The number of alkyl halides is 3. The van der Waals surface area contributed by atoms with E-state index >= 15 is 0 Å². The van der Waals surface area contributed by atoms with Gasteiger partial charge in [-0.25, -0.2) is 4.98 Å². The molecule has 0 aliphatic carbocycles. The summed E-state index contributed by atoms with van der Waals surface area (Å²) in [6, 6.07) is 4.90. The van der Waals surface area contributed by atoms with Gasteiger partial charge >= 0.3 is 6.18 Å². The van der Waals surface area contributed by atoms with Crippen molar-refractivity contribution in [3.05, 3.63) is 40.9 Å². The van der Waals surface area contributed by atoms with Crippen molar-refractivity contribution in [1.29, 1.82) is 0 Å². The Hall–Kier alpha value is -1.93. The van der Waals surface area contributed by atoms with Crippen LogP contribution in [0.1, 0.15) is 36.3 Å². The van der Waals surface area contributed by atoms with Crippen LogP contribution >= 0.6 is 11.3 Å². The fraction of sp³-hybridized carbons (Fsp3) is 0.412. The minimum Gasteiger partial charge on any atom is -0.379 e. The average molecular weight is 372 g/mol. The Morgan fingerprint density at radius 1 is 1.36 bits per heavy atom. The summed E-state index contributed by atoms with van der Waals surface area (Å²) in [6.45, 7) is 4.86. The summed E-state index contributed by atoms with van der Waals surface area (Å²) in [6.07, 6.45) is -3.59. The van der Waals surface area contributed by atoms with E-state index in [1.807, 2.05) is 13.8 Å². The van der Waals surface area contributed by atoms with Crippen molar-refractivity contribution in [2.24, 2.45) is 0 Å². The van der Waals surface area contributed by atoms with Crippen molar-refractivity contribution >= 4 is 17.2 Å². The van der Waals surface area contributed by atoms with Gasteiger partial charge in [-0.2, -0.15) is 13.2 Å². The van der Waals surface area contributed by atoms with E-state index in [0.717, 1.165) is 23.5 Å². The fourth-order valence-corrected chi connectivity index (χ4v) is 2.82. The molecule has 0 bridgehead atoms. The third kappa shape index (κ3) is 5.82. The predicted octanol–water partition coefficient (Wildman–Crippen LogP) is 4.37. The minimum absolute atomic E-state index is 0.143. The lowest BCUT2D eigenvalue weighted by Gasteiger charge is -2.07. The summed E-state index contributed by atoms with van der Waals surface area (Å²) < 4.78 is 43.7. The normalized spacial score (nSPS) is 11.8. The average Bonchev–Trinajstić information content (AvgIpc) is 3.03.